The van der Waals surface area contributed by atoms with Gasteiger partial charge in [0, 0.05) is 12.4 Å². The maximum Gasteiger partial charge on any atom is 0.243 e. The molecule has 7 heteroatoms. The number of hydrogen-bond donors (Lipinski definition) is 1. The summed E-state index contributed by atoms with van der Waals surface area (Å²) in [5.41, 5.74) is 0. The zero-order chi connectivity index (χ0) is 9.73. The molecule has 0 aliphatic heterocycles. The van der Waals surface area contributed by atoms with Crippen molar-refractivity contribution in [3.8, 4) is 0 Å². The molecule has 0 saturated heterocycles. The molecular formula is C6H9N3O2S2. The van der Waals surface area contributed by atoms with Gasteiger partial charge in [-0.1, -0.05) is 0 Å². The molecule has 0 atom stereocenters. The minimum absolute atomic E-state index is 0.0174. The van der Waals surface area contributed by atoms with Crippen LogP contribution in [0.15, 0.2) is 18.6 Å². The summed E-state index contributed by atoms with van der Waals surface area (Å²) < 4.78 is 24.7. The van der Waals surface area contributed by atoms with Crippen LogP contribution in [0.5, 0.6) is 0 Å². The van der Waals surface area contributed by atoms with Crippen LogP contribution in [-0.2, 0) is 10.0 Å². The monoisotopic (exact) mass is 219 g/mol. The van der Waals surface area contributed by atoms with Crippen LogP contribution in [0, 0.1) is 0 Å². The molecule has 1 aromatic heterocycles. The van der Waals surface area contributed by atoms with Gasteiger partial charge in [-0.25, -0.2) is 13.4 Å². The molecule has 1 rings (SSSR count). The maximum atomic E-state index is 11.2. The molecule has 0 bridgehead atoms. The summed E-state index contributed by atoms with van der Waals surface area (Å²) in [6.45, 7) is 0. The summed E-state index contributed by atoms with van der Waals surface area (Å²) in [6.07, 6.45) is 5.98. The number of aromatic nitrogens is 2. The van der Waals surface area contributed by atoms with Gasteiger partial charge < -0.3 is 0 Å². The molecule has 1 heterocycles. The molecule has 1 N–H and O–H groups in total. The van der Waals surface area contributed by atoms with Crippen molar-refractivity contribution >= 4 is 27.6 Å². The Labute approximate surface area is 81.0 Å². The van der Waals surface area contributed by atoms with Crippen molar-refractivity contribution < 1.29 is 8.42 Å². The summed E-state index contributed by atoms with van der Waals surface area (Å²) in [4.78, 5) is 7.52. The van der Waals surface area contributed by atoms with Crippen LogP contribution >= 0.6 is 11.8 Å². The van der Waals surface area contributed by atoms with Crippen LogP contribution < -0.4 is 4.72 Å². The highest BCUT2D eigenvalue weighted by Gasteiger charge is 2.08. The largest absolute Gasteiger partial charge is 0.265 e. The van der Waals surface area contributed by atoms with Crippen LogP contribution in [-0.4, -0.2) is 29.7 Å². The van der Waals surface area contributed by atoms with Gasteiger partial charge in [0.25, 0.3) is 0 Å². The van der Waals surface area contributed by atoms with E-state index in [1.54, 1.807) is 6.26 Å². The third-order valence-electron chi connectivity index (χ3n) is 1.10. The van der Waals surface area contributed by atoms with E-state index in [2.05, 4.69) is 14.7 Å². The van der Waals surface area contributed by atoms with E-state index in [1.165, 1.54) is 30.4 Å². The minimum atomic E-state index is -3.27. The molecule has 5 nitrogen and oxygen atoms in total. The number of nitrogens with zero attached hydrogens (tertiary/aromatic N) is 2. The van der Waals surface area contributed by atoms with Gasteiger partial charge in [0.2, 0.25) is 10.0 Å². The molecule has 0 aromatic carbocycles. The number of nitrogens with one attached hydrogen (secondary N) is 1. The molecule has 0 spiro atoms. The lowest BCUT2D eigenvalue weighted by molar-refractivity contribution is 0.605. The van der Waals surface area contributed by atoms with E-state index in [4.69, 9.17) is 0 Å². The van der Waals surface area contributed by atoms with Gasteiger partial charge in [0.1, 0.15) is 5.08 Å². The molecule has 72 valence electrons. The van der Waals surface area contributed by atoms with Crippen molar-refractivity contribution in [1.82, 2.24) is 9.97 Å². The Balaban J connectivity index is 2.70. The fourth-order valence-electron chi connectivity index (χ4n) is 0.696. The predicted octanol–water partition coefficient (Wildman–Crippen LogP) is 0.539. The van der Waals surface area contributed by atoms with Crippen molar-refractivity contribution in [2.24, 2.45) is 0 Å². The number of anilines is 1. The Hall–Kier alpha value is -0.820. The lowest BCUT2D eigenvalue weighted by Gasteiger charge is -2.03. The van der Waals surface area contributed by atoms with Crippen molar-refractivity contribution in [1.29, 1.82) is 0 Å². The first-order valence-corrected chi connectivity index (χ1v) is 6.44. The molecule has 0 radical (unpaired) electrons. The van der Waals surface area contributed by atoms with Gasteiger partial charge in [0.15, 0.2) is 5.82 Å². The summed E-state index contributed by atoms with van der Waals surface area (Å²) in [5.74, 6) is 0.247. The van der Waals surface area contributed by atoms with Crippen molar-refractivity contribution in [3.05, 3.63) is 18.6 Å². The van der Waals surface area contributed by atoms with Crippen molar-refractivity contribution in [2.45, 2.75) is 0 Å². The van der Waals surface area contributed by atoms with Crippen LogP contribution in [0.25, 0.3) is 0 Å². The summed E-state index contributed by atoms with van der Waals surface area (Å²) in [5, 5.41) is 0.0174. The number of hydrogen-bond acceptors (Lipinski definition) is 5. The molecule has 0 fully saturated rings. The number of thioether (sulfide) groups is 1. The summed E-state index contributed by atoms with van der Waals surface area (Å²) >= 11 is 1.23. The summed E-state index contributed by atoms with van der Waals surface area (Å²) in [7, 11) is -3.27. The zero-order valence-electron chi connectivity index (χ0n) is 6.97. The van der Waals surface area contributed by atoms with Crippen molar-refractivity contribution in [3.63, 3.8) is 0 Å². The molecular weight excluding hydrogens is 210 g/mol. The number of rotatable bonds is 4. The third-order valence-corrected chi connectivity index (χ3v) is 3.80. The minimum Gasteiger partial charge on any atom is -0.265 e. The highest BCUT2D eigenvalue weighted by Crippen LogP contribution is 2.05. The normalized spacial score (nSPS) is 11.2. The standard InChI is InChI=1S/C6H9N3O2S2/c1-12-5-13(10,11)9-6-4-7-2-3-8-6/h2-4H,5H2,1H3,(H,8,9). The average molecular weight is 219 g/mol. The third kappa shape index (κ3) is 3.60. The fourth-order valence-corrected chi connectivity index (χ4v) is 2.60. The first-order chi connectivity index (χ1) is 6.14. The van der Waals surface area contributed by atoms with E-state index in [-0.39, 0.29) is 10.9 Å². The predicted molar refractivity (Wildman–Crippen MR) is 53.0 cm³/mol. The van der Waals surface area contributed by atoms with Gasteiger partial charge in [-0.3, -0.25) is 9.71 Å². The van der Waals surface area contributed by atoms with Crippen LogP contribution in [0.4, 0.5) is 5.82 Å². The lowest BCUT2D eigenvalue weighted by Crippen LogP contribution is -2.15. The maximum absolute atomic E-state index is 11.2. The summed E-state index contributed by atoms with van der Waals surface area (Å²) in [6, 6.07) is 0. The average Bonchev–Trinajstić information content (AvgIpc) is 2.04. The Morgan fingerprint density at radius 1 is 1.54 bits per heavy atom. The fraction of sp³-hybridized carbons (Fsp3) is 0.333. The second kappa shape index (κ2) is 4.43. The molecule has 0 aliphatic rings. The van der Waals surface area contributed by atoms with E-state index in [9.17, 15) is 8.42 Å². The SMILES string of the molecule is CSCS(=O)(=O)Nc1cnccn1. The Kier molecular flexibility index (Phi) is 3.49. The first-order valence-electron chi connectivity index (χ1n) is 3.39. The highest BCUT2D eigenvalue weighted by atomic mass is 32.3. The van der Waals surface area contributed by atoms with Gasteiger partial charge >= 0.3 is 0 Å². The topological polar surface area (TPSA) is 72.0 Å². The molecule has 13 heavy (non-hydrogen) atoms. The zero-order valence-corrected chi connectivity index (χ0v) is 8.60. The highest BCUT2D eigenvalue weighted by molar-refractivity contribution is 8.12. The van der Waals surface area contributed by atoms with Gasteiger partial charge in [-0.05, 0) is 6.26 Å². The number of sulfonamides is 1. The van der Waals surface area contributed by atoms with Gasteiger partial charge in [-0.15, -0.1) is 11.8 Å². The smallest absolute Gasteiger partial charge is 0.243 e. The molecule has 1 aromatic rings. The van der Waals surface area contributed by atoms with E-state index in [0.717, 1.165) is 0 Å². The Morgan fingerprint density at radius 2 is 2.31 bits per heavy atom. The van der Waals surface area contributed by atoms with E-state index >= 15 is 0 Å². The molecule has 0 aliphatic carbocycles. The Bertz CT molecular complexity index is 351. The first kappa shape index (κ1) is 10.3. The van der Waals surface area contributed by atoms with Crippen LogP contribution in [0.2, 0.25) is 0 Å². The van der Waals surface area contributed by atoms with E-state index in [0.29, 0.717) is 0 Å². The van der Waals surface area contributed by atoms with Gasteiger partial charge in [-0.2, -0.15) is 0 Å². The molecule has 0 unspecified atom stereocenters. The Morgan fingerprint density at radius 3 is 2.85 bits per heavy atom. The van der Waals surface area contributed by atoms with Crippen LogP contribution in [0.3, 0.4) is 0 Å². The second-order valence-electron chi connectivity index (χ2n) is 2.21. The van der Waals surface area contributed by atoms with Crippen LogP contribution in [0.1, 0.15) is 0 Å². The van der Waals surface area contributed by atoms with Crippen molar-refractivity contribution in [2.75, 3.05) is 16.1 Å². The lowest BCUT2D eigenvalue weighted by atomic mass is 10.7. The van der Waals surface area contributed by atoms with E-state index in [1.807, 2.05) is 0 Å². The van der Waals surface area contributed by atoms with E-state index < -0.39 is 10.0 Å². The molecule has 0 amide bonds. The van der Waals surface area contributed by atoms with Gasteiger partial charge in [0.05, 0.1) is 6.20 Å². The molecule has 0 saturated carbocycles. The quantitative estimate of drug-likeness (QED) is 0.800. The second-order valence-corrected chi connectivity index (χ2v) is 5.17.